The van der Waals surface area contributed by atoms with Gasteiger partial charge in [-0.2, -0.15) is 0 Å². The van der Waals surface area contributed by atoms with Crippen LogP contribution in [0, 0.1) is 23.6 Å². The van der Waals surface area contributed by atoms with Crippen LogP contribution in [0.3, 0.4) is 0 Å². The first kappa shape index (κ1) is 26.7. The molecule has 3 atom stereocenters. The SMILES string of the molecule is COC(=O)/C=C/c1cc(F)cc(N(Cc2ccc(-c3ccc(N(C)C)cc3)cc2)C(=O)[C@H]2C[C@H]3CC[C@@H]2C3)c1. The summed E-state index contributed by atoms with van der Waals surface area (Å²) in [6, 6.07) is 21.1. The Morgan fingerprint density at radius 1 is 0.923 bits per heavy atom. The van der Waals surface area contributed by atoms with Crippen LogP contribution in [0.4, 0.5) is 15.8 Å². The van der Waals surface area contributed by atoms with E-state index in [2.05, 4.69) is 46.0 Å². The van der Waals surface area contributed by atoms with E-state index < -0.39 is 11.8 Å². The molecular weight excluding hydrogens is 491 g/mol. The first-order valence-electron chi connectivity index (χ1n) is 13.6. The van der Waals surface area contributed by atoms with Gasteiger partial charge < -0.3 is 14.5 Å². The number of nitrogens with zero attached hydrogens (tertiary/aromatic N) is 2. The number of hydrogen-bond acceptors (Lipinski definition) is 4. The van der Waals surface area contributed by atoms with Gasteiger partial charge in [0.15, 0.2) is 0 Å². The zero-order chi connectivity index (χ0) is 27.5. The molecule has 3 aromatic rings. The summed E-state index contributed by atoms with van der Waals surface area (Å²) in [6.45, 7) is 0.343. The highest BCUT2D eigenvalue weighted by Gasteiger charge is 2.44. The second-order valence-corrected chi connectivity index (χ2v) is 10.9. The van der Waals surface area contributed by atoms with Crippen molar-refractivity contribution in [2.24, 2.45) is 17.8 Å². The van der Waals surface area contributed by atoms with E-state index in [1.165, 1.54) is 37.8 Å². The number of fused-ring (bicyclic) bond motifs is 2. The minimum Gasteiger partial charge on any atom is -0.466 e. The van der Waals surface area contributed by atoms with Crippen molar-refractivity contribution in [3.8, 4) is 11.1 Å². The molecule has 2 fully saturated rings. The summed E-state index contributed by atoms with van der Waals surface area (Å²) in [6.07, 6.45) is 7.08. The molecule has 0 aromatic heterocycles. The summed E-state index contributed by atoms with van der Waals surface area (Å²) >= 11 is 0. The molecule has 2 saturated carbocycles. The fraction of sp³-hybridized carbons (Fsp3) is 0.333. The lowest BCUT2D eigenvalue weighted by molar-refractivity contribution is -0.134. The van der Waals surface area contributed by atoms with E-state index in [1.54, 1.807) is 11.0 Å². The third-order valence-corrected chi connectivity index (χ3v) is 8.16. The molecule has 6 heteroatoms. The zero-order valence-electron chi connectivity index (χ0n) is 22.8. The normalized spacial score (nSPS) is 19.8. The number of benzene rings is 3. The van der Waals surface area contributed by atoms with Gasteiger partial charge in [0.25, 0.3) is 0 Å². The quantitative estimate of drug-likeness (QED) is 0.242. The van der Waals surface area contributed by atoms with Gasteiger partial charge in [-0.05, 0) is 89.8 Å². The van der Waals surface area contributed by atoms with Crippen LogP contribution in [0.2, 0.25) is 0 Å². The lowest BCUT2D eigenvalue weighted by Gasteiger charge is -2.30. The Kier molecular flexibility index (Phi) is 7.82. The largest absolute Gasteiger partial charge is 0.466 e. The molecule has 0 unspecified atom stereocenters. The van der Waals surface area contributed by atoms with Crippen molar-refractivity contribution >= 4 is 29.3 Å². The van der Waals surface area contributed by atoms with E-state index in [9.17, 15) is 14.0 Å². The third-order valence-electron chi connectivity index (χ3n) is 8.16. The van der Waals surface area contributed by atoms with Gasteiger partial charge in [-0.15, -0.1) is 0 Å². The van der Waals surface area contributed by atoms with Crippen molar-refractivity contribution in [3.05, 3.63) is 89.8 Å². The van der Waals surface area contributed by atoms with Crippen LogP contribution in [-0.2, 0) is 20.9 Å². The predicted molar refractivity (Wildman–Crippen MR) is 154 cm³/mol. The van der Waals surface area contributed by atoms with Crippen LogP contribution in [0.15, 0.2) is 72.8 Å². The number of anilines is 2. The van der Waals surface area contributed by atoms with Crippen LogP contribution in [0.5, 0.6) is 0 Å². The Morgan fingerprint density at radius 2 is 1.62 bits per heavy atom. The highest BCUT2D eigenvalue weighted by Crippen LogP contribution is 2.49. The Balaban J connectivity index is 1.43. The van der Waals surface area contributed by atoms with Crippen molar-refractivity contribution in [1.82, 2.24) is 0 Å². The van der Waals surface area contributed by atoms with E-state index >= 15 is 0 Å². The maximum Gasteiger partial charge on any atom is 0.330 e. The molecule has 0 N–H and O–H groups in total. The lowest BCUT2D eigenvalue weighted by Crippen LogP contribution is -2.38. The van der Waals surface area contributed by atoms with Crippen molar-refractivity contribution < 1.29 is 18.7 Å². The molecule has 39 heavy (non-hydrogen) atoms. The monoisotopic (exact) mass is 526 g/mol. The third kappa shape index (κ3) is 6.06. The number of rotatable bonds is 8. The number of carbonyl (C=O) groups excluding carboxylic acids is 2. The number of amides is 1. The molecule has 0 saturated heterocycles. The van der Waals surface area contributed by atoms with Gasteiger partial charge >= 0.3 is 5.97 Å². The van der Waals surface area contributed by atoms with E-state index in [0.717, 1.165) is 41.6 Å². The van der Waals surface area contributed by atoms with Gasteiger partial charge in [-0.1, -0.05) is 42.8 Å². The number of methoxy groups -OCH3 is 1. The first-order chi connectivity index (χ1) is 18.8. The number of halogens is 1. The highest BCUT2D eigenvalue weighted by atomic mass is 19.1. The van der Waals surface area contributed by atoms with Crippen LogP contribution in [0.1, 0.15) is 36.8 Å². The number of esters is 1. The van der Waals surface area contributed by atoms with Crippen molar-refractivity contribution in [3.63, 3.8) is 0 Å². The fourth-order valence-corrected chi connectivity index (χ4v) is 6.06. The van der Waals surface area contributed by atoms with Gasteiger partial charge in [0, 0.05) is 37.5 Å². The molecule has 0 heterocycles. The summed E-state index contributed by atoms with van der Waals surface area (Å²) in [5, 5.41) is 0. The smallest absolute Gasteiger partial charge is 0.330 e. The average molecular weight is 527 g/mol. The van der Waals surface area contributed by atoms with Crippen LogP contribution >= 0.6 is 0 Å². The van der Waals surface area contributed by atoms with Crippen LogP contribution in [0.25, 0.3) is 17.2 Å². The Bertz CT molecular complexity index is 1360. The zero-order valence-corrected chi connectivity index (χ0v) is 22.8. The van der Waals surface area contributed by atoms with Crippen molar-refractivity contribution in [2.45, 2.75) is 32.2 Å². The summed E-state index contributed by atoms with van der Waals surface area (Å²) < 4.78 is 19.4. The number of carbonyl (C=O) groups is 2. The summed E-state index contributed by atoms with van der Waals surface area (Å²) in [5.74, 6) is 0.0702. The molecule has 5 nitrogen and oxygen atoms in total. The molecular formula is C33H35FN2O3. The average Bonchev–Trinajstić information content (AvgIpc) is 3.58. The molecule has 1 amide bonds. The second kappa shape index (κ2) is 11.4. The molecule has 3 aromatic carbocycles. The minimum atomic E-state index is -0.521. The highest BCUT2D eigenvalue weighted by molar-refractivity contribution is 5.96. The Morgan fingerprint density at radius 3 is 2.21 bits per heavy atom. The van der Waals surface area contributed by atoms with Crippen LogP contribution < -0.4 is 9.80 Å². The fourth-order valence-electron chi connectivity index (χ4n) is 6.06. The maximum atomic E-state index is 14.8. The maximum absolute atomic E-state index is 14.8. The van der Waals surface area contributed by atoms with Crippen molar-refractivity contribution in [1.29, 1.82) is 0 Å². The number of ether oxygens (including phenoxy) is 1. The van der Waals surface area contributed by atoms with E-state index in [0.29, 0.717) is 29.6 Å². The Labute approximate surface area is 229 Å². The summed E-state index contributed by atoms with van der Waals surface area (Å²) in [5.41, 5.74) is 5.32. The lowest BCUT2D eigenvalue weighted by atomic mass is 9.87. The molecule has 2 aliphatic rings. The van der Waals surface area contributed by atoms with Gasteiger partial charge in [-0.25, -0.2) is 9.18 Å². The Hall–Kier alpha value is -3.93. The first-order valence-corrected chi connectivity index (χ1v) is 13.6. The molecule has 0 radical (unpaired) electrons. The van der Waals surface area contributed by atoms with Crippen molar-refractivity contribution in [2.75, 3.05) is 31.0 Å². The second-order valence-electron chi connectivity index (χ2n) is 10.9. The topological polar surface area (TPSA) is 49.9 Å². The standard InChI is InChI=1S/C33H35FN2O3/c1-35(2)29-13-11-26(12-14-29)25-8-4-22(5-9-25)21-36(33(38)31-19-23-6-10-27(31)16-23)30-18-24(17-28(34)20-30)7-15-32(37)39-3/h4-5,7-9,11-15,17-18,20,23,27,31H,6,10,16,19,21H2,1-3H3/b15-7+/t23-,27+,31-/m0/s1. The van der Waals surface area contributed by atoms with Gasteiger partial charge in [0.2, 0.25) is 5.91 Å². The molecule has 202 valence electrons. The minimum absolute atomic E-state index is 0.0319. The van der Waals surface area contributed by atoms with Gasteiger partial charge in [-0.3, -0.25) is 4.79 Å². The molecule has 5 rings (SSSR count). The predicted octanol–water partition coefficient (Wildman–Crippen LogP) is 6.71. The molecule has 0 spiro atoms. The van der Waals surface area contributed by atoms with E-state index in [-0.39, 0.29) is 11.8 Å². The molecule has 0 aliphatic heterocycles. The number of hydrogen-bond donors (Lipinski definition) is 0. The summed E-state index contributed by atoms with van der Waals surface area (Å²) in [4.78, 5) is 29.3. The van der Waals surface area contributed by atoms with E-state index in [1.807, 2.05) is 26.2 Å². The summed E-state index contributed by atoms with van der Waals surface area (Å²) in [7, 11) is 5.33. The molecule has 2 bridgehead atoms. The van der Waals surface area contributed by atoms with E-state index in [4.69, 9.17) is 0 Å². The van der Waals surface area contributed by atoms with Gasteiger partial charge in [0.1, 0.15) is 5.82 Å². The van der Waals surface area contributed by atoms with Gasteiger partial charge in [0.05, 0.1) is 13.7 Å². The molecule has 2 aliphatic carbocycles. The van der Waals surface area contributed by atoms with Crippen LogP contribution in [-0.4, -0.2) is 33.1 Å².